The summed E-state index contributed by atoms with van der Waals surface area (Å²) in [7, 11) is 1.61. The van der Waals surface area contributed by atoms with Crippen LogP contribution in [0.3, 0.4) is 0 Å². The van der Waals surface area contributed by atoms with Crippen LogP contribution in [0.4, 0.5) is 0 Å². The summed E-state index contributed by atoms with van der Waals surface area (Å²) in [4.78, 5) is 13.1. The molecular weight excluding hydrogens is 274 g/mol. The van der Waals surface area contributed by atoms with E-state index in [9.17, 15) is 10.0 Å². The van der Waals surface area contributed by atoms with E-state index in [1.165, 1.54) is 5.06 Å². The number of rotatable bonds is 10. The third-order valence-corrected chi connectivity index (χ3v) is 3.36. The van der Waals surface area contributed by atoms with Crippen LogP contribution in [0.5, 0.6) is 0 Å². The first-order valence-corrected chi connectivity index (χ1v) is 7.36. The fourth-order valence-corrected chi connectivity index (χ4v) is 1.97. The van der Waals surface area contributed by atoms with Crippen LogP contribution in [0, 0.1) is 0 Å². The molecule has 0 saturated carbocycles. The second-order valence-corrected chi connectivity index (χ2v) is 4.90. The van der Waals surface area contributed by atoms with Crippen molar-refractivity contribution in [1.82, 2.24) is 15.3 Å². The first kappa shape index (κ1) is 17.9. The van der Waals surface area contributed by atoms with E-state index in [1.807, 2.05) is 0 Å². The maximum Gasteiger partial charge on any atom is 0.222 e. The highest BCUT2D eigenvalue weighted by Gasteiger charge is 2.15. The Balaban J connectivity index is 1.92. The van der Waals surface area contributed by atoms with Gasteiger partial charge in [-0.1, -0.05) is 6.58 Å². The van der Waals surface area contributed by atoms with Gasteiger partial charge in [0.05, 0.1) is 26.4 Å². The van der Waals surface area contributed by atoms with E-state index < -0.39 is 0 Å². The van der Waals surface area contributed by atoms with Crippen molar-refractivity contribution >= 4 is 5.91 Å². The summed E-state index contributed by atoms with van der Waals surface area (Å²) < 4.78 is 10.8. The van der Waals surface area contributed by atoms with Crippen LogP contribution < -0.4 is 5.32 Å². The Hall–Kier alpha value is -1.15. The molecule has 0 spiro atoms. The first-order valence-electron chi connectivity index (χ1n) is 7.36. The zero-order chi connectivity index (χ0) is 15.5. The Kier molecular flexibility index (Phi) is 9.00. The molecule has 1 amide bonds. The van der Waals surface area contributed by atoms with Gasteiger partial charge in [0, 0.05) is 51.8 Å². The molecule has 0 unspecified atom stereocenters. The monoisotopic (exact) mass is 301 g/mol. The van der Waals surface area contributed by atoms with Crippen molar-refractivity contribution in [3.8, 4) is 0 Å². The van der Waals surface area contributed by atoms with Crippen LogP contribution >= 0.6 is 0 Å². The topological polar surface area (TPSA) is 74.3 Å². The number of hydroxylamine groups is 2. The van der Waals surface area contributed by atoms with Gasteiger partial charge in [0.1, 0.15) is 0 Å². The van der Waals surface area contributed by atoms with Gasteiger partial charge < -0.3 is 24.9 Å². The first-order chi connectivity index (χ1) is 10.1. The lowest BCUT2D eigenvalue weighted by molar-refractivity contribution is -0.121. The van der Waals surface area contributed by atoms with Gasteiger partial charge in [0.25, 0.3) is 0 Å². The normalized spacial score (nSPS) is 16.0. The van der Waals surface area contributed by atoms with Crippen molar-refractivity contribution in [2.75, 3.05) is 59.7 Å². The minimum atomic E-state index is -0.0183. The molecule has 122 valence electrons. The number of nitrogens with zero attached hydrogens (tertiary/aromatic N) is 2. The molecule has 0 radical (unpaired) electrons. The zero-order valence-electron chi connectivity index (χ0n) is 12.8. The molecule has 7 nitrogen and oxygen atoms in total. The third kappa shape index (κ3) is 8.01. The summed E-state index contributed by atoms with van der Waals surface area (Å²) in [6.45, 7) is 9.00. The lowest BCUT2D eigenvalue weighted by atomic mass is 10.2. The Labute approximate surface area is 126 Å². The molecule has 2 N–H and O–H groups in total. The molecule has 0 bridgehead atoms. The van der Waals surface area contributed by atoms with Crippen LogP contribution in [0.25, 0.3) is 0 Å². The average molecular weight is 301 g/mol. The Morgan fingerprint density at radius 2 is 1.67 bits per heavy atom. The van der Waals surface area contributed by atoms with E-state index in [0.717, 1.165) is 25.2 Å². The summed E-state index contributed by atoms with van der Waals surface area (Å²) in [5, 5.41) is 13.2. The van der Waals surface area contributed by atoms with E-state index >= 15 is 0 Å². The quantitative estimate of drug-likeness (QED) is 0.556. The molecule has 1 saturated heterocycles. The molecule has 0 aromatic carbocycles. The standard InChI is InChI=1S/C14H27N3O4/c1-13(16-5-7-17(19)8-6-16)3-9-20-11-12-21-10-4-14(18)15-2/h19H,1,3-12H2,2H3,(H,15,18). The lowest BCUT2D eigenvalue weighted by Gasteiger charge is -2.34. The van der Waals surface area contributed by atoms with Gasteiger partial charge in [-0.15, -0.1) is 0 Å². The fraction of sp³-hybridized carbons (Fsp3) is 0.786. The highest BCUT2D eigenvalue weighted by atomic mass is 16.5. The molecule has 21 heavy (non-hydrogen) atoms. The van der Waals surface area contributed by atoms with Crippen molar-refractivity contribution in [2.45, 2.75) is 12.8 Å². The number of carbonyl (C=O) groups is 1. The summed E-state index contributed by atoms with van der Waals surface area (Å²) >= 11 is 0. The van der Waals surface area contributed by atoms with Crippen molar-refractivity contribution in [2.24, 2.45) is 0 Å². The predicted octanol–water partition coefficient (Wildman–Crippen LogP) is 0.0663. The minimum absolute atomic E-state index is 0.0183. The van der Waals surface area contributed by atoms with Crippen LogP contribution in [0.1, 0.15) is 12.8 Å². The van der Waals surface area contributed by atoms with E-state index in [2.05, 4.69) is 16.8 Å². The van der Waals surface area contributed by atoms with Gasteiger partial charge in [-0.2, -0.15) is 5.06 Å². The number of hydrogen-bond donors (Lipinski definition) is 2. The largest absolute Gasteiger partial charge is 0.379 e. The molecule has 1 fully saturated rings. The van der Waals surface area contributed by atoms with E-state index in [4.69, 9.17) is 9.47 Å². The number of amides is 1. The van der Waals surface area contributed by atoms with E-state index in [0.29, 0.717) is 45.9 Å². The molecule has 1 rings (SSSR count). The molecule has 1 aliphatic heterocycles. The number of ether oxygens (including phenoxy) is 2. The average Bonchev–Trinajstić information content (AvgIpc) is 2.50. The predicted molar refractivity (Wildman–Crippen MR) is 79.0 cm³/mol. The van der Waals surface area contributed by atoms with Gasteiger partial charge in [0.15, 0.2) is 0 Å². The van der Waals surface area contributed by atoms with Crippen LogP contribution in [-0.2, 0) is 14.3 Å². The fourth-order valence-electron chi connectivity index (χ4n) is 1.97. The third-order valence-electron chi connectivity index (χ3n) is 3.36. The van der Waals surface area contributed by atoms with Gasteiger partial charge in [-0.25, -0.2) is 0 Å². The molecule has 0 aliphatic carbocycles. The Morgan fingerprint density at radius 3 is 2.24 bits per heavy atom. The van der Waals surface area contributed by atoms with Gasteiger partial charge in [-0.3, -0.25) is 4.79 Å². The maximum absolute atomic E-state index is 10.9. The zero-order valence-corrected chi connectivity index (χ0v) is 12.8. The summed E-state index contributed by atoms with van der Waals surface area (Å²) in [5.41, 5.74) is 1.05. The van der Waals surface area contributed by atoms with Crippen LogP contribution in [0.15, 0.2) is 12.3 Å². The second kappa shape index (κ2) is 10.6. The maximum atomic E-state index is 10.9. The van der Waals surface area contributed by atoms with Crippen molar-refractivity contribution in [3.05, 3.63) is 12.3 Å². The molecule has 7 heteroatoms. The molecule has 0 aromatic rings. The van der Waals surface area contributed by atoms with Crippen molar-refractivity contribution in [1.29, 1.82) is 0 Å². The van der Waals surface area contributed by atoms with E-state index in [1.54, 1.807) is 7.05 Å². The number of piperazine rings is 1. The van der Waals surface area contributed by atoms with Gasteiger partial charge in [0.2, 0.25) is 5.91 Å². The minimum Gasteiger partial charge on any atom is -0.379 e. The summed E-state index contributed by atoms with van der Waals surface area (Å²) in [6.07, 6.45) is 1.16. The highest BCUT2D eigenvalue weighted by molar-refractivity contribution is 5.75. The van der Waals surface area contributed by atoms with Gasteiger partial charge >= 0.3 is 0 Å². The smallest absolute Gasteiger partial charge is 0.222 e. The van der Waals surface area contributed by atoms with Gasteiger partial charge in [-0.05, 0) is 0 Å². The number of carbonyl (C=O) groups excluding carboxylic acids is 1. The molecule has 1 heterocycles. The summed E-state index contributed by atoms with van der Waals surface area (Å²) in [6, 6.07) is 0. The Morgan fingerprint density at radius 1 is 1.10 bits per heavy atom. The highest BCUT2D eigenvalue weighted by Crippen LogP contribution is 2.10. The Bertz CT molecular complexity index is 317. The number of nitrogens with one attached hydrogen (secondary N) is 1. The molecule has 0 atom stereocenters. The SMILES string of the molecule is C=C(CCOCCOCCC(=O)NC)N1CCN(O)CC1. The molecule has 1 aliphatic rings. The van der Waals surface area contributed by atoms with Crippen LogP contribution in [0.2, 0.25) is 0 Å². The van der Waals surface area contributed by atoms with Crippen molar-refractivity contribution in [3.63, 3.8) is 0 Å². The molecule has 0 aromatic heterocycles. The second-order valence-electron chi connectivity index (χ2n) is 4.90. The lowest BCUT2D eigenvalue weighted by Crippen LogP contribution is -2.44. The van der Waals surface area contributed by atoms with E-state index in [-0.39, 0.29) is 5.91 Å². The van der Waals surface area contributed by atoms with Crippen molar-refractivity contribution < 1.29 is 19.5 Å². The van der Waals surface area contributed by atoms with Crippen LogP contribution in [-0.4, -0.2) is 80.7 Å². The summed E-state index contributed by atoms with van der Waals surface area (Å²) in [5.74, 6) is -0.0183. The molecular formula is C14H27N3O4. The number of hydrogen-bond acceptors (Lipinski definition) is 6.